The van der Waals surface area contributed by atoms with E-state index in [9.17, 15) is 4.79 Å². The van der Waals surface area contributed by atoms with Crippen LogP contribution in [0.4, 0.5) is 0 Å². The van der Waals surface area contributed by atoms with Crippen molar-refractivity contribution in [3.05, 3.63) is 101 Å². The molecule has 1 aliphatic heterocycles. The van der Waals surface area contributed by atoms with E-state index < -0.39 is 0 Å². The molecule has 4 rings (SSSR count). The van der Waals surface area contributed by atoms with Crippen LogP contribution >= 0.6 is 0 Å². The van der Waals surface area contributed by atoms with Gasteiger partial charge in [-0.05, 0) is 66.9 Å². The van der Waals surface area contributed by atoms with Crippen molar-refractivity contribution >= 4 is 5.91 Å². The summed E-state index contributed by atoms with van der Waals surface area (Å²) in [7, 11) is 1.65. The van der Waals surface area contributed by atoms with E-state index in [2.05, 4.69) is 16.3 Å². The predicted octanol–water partition coefficient (Wildman–Crippen LogP) is 4.81. The van der Waals surface area contributed by atoms with Crippen molar-refractivity contribution in [3.63, 3.8) is 0 Å². The molecule has 4 nitrogen and oxygen atoms in total. The molecule has 0 bridgehead atoms. The second-order valence-electron chi connectivity index (χ2n) is 7.77. The van der Waals surface area contributed by atoms with Gasteiger partial charge in [0.1, 0.15) is 5.75 Å². The fourth-order valence-corrected chi connectivity index (χ4v) is 4.03. The number of ether oxygens (including phenoxy) is 1. The first-order valence-corrected chi connectivity index (χ1v) is 10.5. The average molecular weight is 401 g/mol. The van der Waals surface area contributed by atoms with E-state index in [-0.39, 0.29) is 11.9 Å². The number of methoxy groups -OCH3 is 1. The van der Waals surface area contributed by atoms with Gasteiger partial charge in [-0.2, -0.15) is 0 Å². The van der Waals surface area contributed by atoms with Gasteiger partial charge >= 0.3 is 0 Å². The number of carbonyl (C=O) groups excluding carboxylic acids is 1. The lowest BCUT2D eigenvalue weighted by Gasteiger charge is -2.21. The summed E-state index contributed by atoms with van der Waals surface area (Å²) < 4.78 is 5.28. The molecule has 4 heteroatoms. The van der Waals surface area contributed by atoms with E-state index in [1.807, 2.05) is 72.8 Å². The Balaban J connectivity index is 1.55. The van der Waals surface area contributed by atoms with E-state index in [1.54, 1.807) is 7.11 Å². The Hall–Kier alpha value is -3.11. The smallest absolute Gasteiger partial charge is 0.252 e. The number of benzene rings is 3. The van der Waals surface area contributed by atoms with Gasteiger partial charge in [0.25, 0.3) is 5.91 Å². The number of nitrogens with one attached hydrogen (secondary N) is 1. The van der Waals surface area contributed by atoms with Crippen LogP contribution in [0, 0.1) is 0 Å². The lowest BCUT2D eigenvalue weighted by Crippen LogP contribution is -2.29. The monoisotopic (exact) mass is 400 g/mol. The fourth-order valence-electron chi connectivity index (χ4n) is 4.03. The molecular weight excluding hydrogens is 372 g/mol. The standard InChI is InChI=1S/C26H28N2O2/c1-30-24-14-12-22(13-15-24)25(21-9-3-2-4-10-21)27-26(29)23-11-7-8-20(18-23)19-28-16-5-6-17-28/h2-4,7-15,18,25H,5-6,16-17,19H2,1H3,(H,27,29)/t25-/m1/s1. The molecule has 1 fully saturated rings. The maximum absolute atomic E-state index is 13.2. The Morgan fingerprint density at radius 1 is 0.933 bits per heavy atom. The van der Waals surface area contributed by atoms with Crippen molar-refractivity contribution in [3.8, 4) is 5.75 Å². The number of hydrogen-bond donors (Lipinski definition) is 1. The van der Waals surface area contributed by atoms with Gasteiger partial charge in [0.2, 0.25) is 0 Å². The summed E-state index contributed by atoms with van der Waals surface area (Å²) in [5.41, 5.74) is 3.94. The van der Waals surface area contributed by atoms with E-state index in [4.69, 9.17) is 4.74 Å². The molecule has 0 aliphatic carbocycles. The largest absolute Gasteiger partial charge is 0.497 e. The van der Waals surface area contributed by atoms with E-state index in [0.717, 1.165) is 36.5 Å². The minimum absolute atomic E-state index is 0.0667. The van der Waals surface area contributed by atoms with Gasteiger partial charge in [0.05, 0.1) is 13.2 Å². The minimum Gasteiger partial charge on any atom is -0.497 e. The SMILES string of the molecule is COc1ccc([C@H](NC(=O)c2cccc(CN3CCCC3)c2)c2ccccc2)cc1. The highest BCUT2D eigenvalue weighted by Crippen LogP contribution is 2.25. The summed E-state index contributed by atoms with van der Waals surface area (Å²) in [6, 6.07) is 25.7. The molecule has 1 N–H and O–H groups in total. The van der Waals surface area contributed by atoms with Crippen LogP contribution in [0.3, 0.4) is 0 Å². The number of hydrogen-bond acceptors (Lipinski definition) is 3. The molecule has 3 aromatic rings. The Labute approximate surface area is 178 Å². The zero-order valence-corrected chi connectivity index (χ0v) is 17.4. The minimum atomic E-state index is -0.230. The number of likely N-dealkylation sites (tertiary alicyclic amines) is 1. The average Bonchev–Trinajstić information content (AvgIpc) is 3.31. The molecular formula is C26H28N2O2. The normalized spacial score (nSPS) is 15.0. The van der Waals surface area contributed by atoms with Crippen LogP contribution in [0.15, 0.2) is 78.9 Å². The highest BCUT2D eigenvalue weighted by atomic mass is 16.5. The number of amides is 1. The lowest BCUT2D eigenvalue weighted by atomic mass is 9.98. The summed E-state index contributed by atoms with van der Waals surface area (Å²) in [5, 5.41) is 3.23. The molecule has 1 atom stereocenters. The summed E-state index contributed by atoms with van der Waals surface area (Å²) in [6.45, 7) is 3.19. The maximum atomic E-state index is 13.2. The van der Waals surface area contributed by atoms with Crippen LogP contribution in [-0.2, 0) is 6.54 Å². The van der Waals surface area contributed by atoms with Crippen LogP contribution in [-0.4, -0.2) is 31.0 Å². The molecule has 1 heterocycles. The van der Waals surface area contributed by atoms with Gasteiger partial charge < -0.3 is 10.1 Å². The molecule has 30 heavy (non-hydrogen) atoms. The first-order chi connectivity index (χ1) is 14.7. The highest BCUT2D eigenvalue weighted by molar-refractivity contribution is 5.94. The van der Waals surface area contributed by atoms with Gasteiger partial charge in [0, 0.05) is 12.1 Å². The summed E-state index contributed by atoms with van der Waals surface area (Å²) in [4.78, 5) is 15.6. The predicted molar refractivity (Wildman–Crippen MR) is 120 cm³/mol. The van der Waals surface area contributed by atoms with Gasteiger partial charge in [-0.3, -0.25) is 9.69 Å². The second kappa shape index (κ2) is 9.59. The van der Waals surface area contributed by atoms with Crippen molar-refractivity contribution in [1.82, 2.24) is 10.2 Å². The Bertz CT molecular complexity index is 964. The van der Waals surface area contributed by atoms with Gasteiger partial charge in [-0.1, -0.05) is 54.6 Å². The molecule has 0 aromatic heterocycles. The maximum Gasteiger partial charge on any atom is 0.252 e. The second-order valence-corrected chi connectivity index (χ2v) is 7.77. The third-order valence-electron chi connectivity index (χ3n) is 5.65. The quantitative estimate of drug-likeness (QED) is 0.619. The first kappa shape index (κ1) is 20.2. The first-order valence-electron chi connectivity index (χ1n) is 10.5. The van der Waals surface area contributed by atoms with Crippen molar-refractivity contribution in [2.45, 2.75) is 25.4 Å². The topological polar surface area (TPSA) is 41.6 Å². The third kappa shape index (κ3) is 4.89. The number of carbonyl (C=O) groups is 1. The van der Waals surface area contributed by atoms with Crippen molar-refractivity contribution in [2.75, 3.05) is 20.2 Å². The molecule has 0 radical (unpaired) electrons. The van der Waals surface area contributed by atoms with Gasteiger partial charge in [-0.25, -0.2) is 0 Å². The van der Waals surface area contributed by atoms with E-state index in [0.29, 0.717) is 5.56 Å². The van der Waals surface area contributed by atoms with Crippen LogP contribution in [0.2, 0.25) is 0 Å². The van der Waals surface area contributed by atoms with Crippen molar-refractivity contribution < 1.29 is 9.53 Å². The number of rotatable bonds is 7. The molecule has 1 amide bonds. The molecule has 1 aliphatic rings. The zero-order chi connectivity index (χ0) is 20.8. The van der Waals surface area contributed by atoms with Crippen LogP contribution in [0.5, 0.6) is 5.75 Å². The molecule has 1 saturated heterocycles. The molecule has 154 valence electrons. The van der Waals surface area contributed by atoms with E-state index in [1.165, 1.54) is 18.4 Å². The number of nitrogens with zero attached hydrogens (tertiary/aromatic N) is 1. The van der Waals surface area contributed by atoms with E-state index >= 15 is 0 Å². The Kier molecular flexibility index (Phi) is 6.45. The van der Waals surface area contributed by atoms with Gasteiger partial charge in [0.15, 0.2) is 0 Å². The summed E-state index contributed by atoms with van der Waals surface area (Å²) >= 11 is 0. The molecule has 3 aromatic carbocycles. The molecule has 0 spiro atoms. The Morgan fingerprint density at radius 3 is 2.33 bits per heavy atom. The fraction of sp³-hybridized carbons (Fsp3) is 0.269. The summed E-state index contributed by atoms with van der Waals surface area (Å²) in [5.74, 6) is 0.731. The lowest BCUT2D eigenvalue weighted by molar-refractivity contribution is 0.0943. The highest BCUT2D eigenvalue weighted by Gasteiger charge is 2.19. The molecule has 0 unspecified atom stereocenters. The van der Waals surface area contributed by atoms with Gasteiger partial charge in [-0.15, -0.1) is 0 Å². The van der Waals surface area contributed by atoms with Crippen LogP contribution in [0.1, 0.15) is 45.9 Å². The Morgan fingerprint density at radius 2 is 1.63 bits per heavy atom. The van der Waals surface area contributed by atoms with Crippen molar-refractivity contribution in [2.24, 2.45) is 0 Å². The summed E-state index contributed by atoms with van der Waals surface area (Å²) in [6.07, 6.45) is 2.53. The van der Waals surface area contributed by atoms with Crippen LogP contribution < -0.4 is 10.1 Å². The van der Waals surface area contributed by atoms with Crippen LogP contribution in [0.25, 0.3) is 0 Å². The zero-order valence-electron chi connectivity index (χ0n) is 17.4. The van der Waals surface area contributed by atoms with Crippen molar-refractivity contribution in [1.29, 1.82) is 0 Å². The third-order valence-corrected chi connectivity index (χ3v) is 5.65. The molecule has 0 saturated carbocycles.